The van der Waals surface area contributed by atoms with Crippen molar-refractivity contribution >= 4 is 22.8 Å². The fourth-order valence-electron chi connectivity index (χ4n) is 5.18. The van der Waals surface area contributed by atoms with Crippen LogP contribution in [-0.4, -0.2) is 33.4 Å². The molecule has 4 rings (SSSR count). The summed E-state index contributed by atoms with van der Waals surface area (Å²) in [6.45, 7) is 6.61. The van der Waals surface area contributed by atoms with Crippen LogP contribution in [-0.2, 0) is 11.3 Å². The zero-order valence-corrected chi connectivity index (χ0v) is 17.9. The summed E-state index contributed by atoms with van der Waals surface area (Å²) in [7, 11) is 0. The van der Waals surface area contributed by atoms with Crippen molar-refractivity contribution in [2.45, 2.75) is 71.5 Å². The topological polar surface area (TPSA) is 93.1 Å². The van der Waals surface area contributed by atoms with Gasteiger partial charge in [0.15, 0.2) is 0 Å². The molecule has 2 aliphatic rings. The molecule has 160 valence electrons. The van der Waals surface area contributed by atoms with Crippen LogP contribution in [0.3, 0.4) is 0 Å². The van der Waals surface area contributed by atoms with Crippen LogP contribution < -0.4 is 16.1 Å². The van der Waals surface area contributed by atoms with Crippen LogP contribution in [0.4, 0.5) is 0 Å². The summed E-state index contributed by atoms with van der Waals surface area (Å²) in [6, 6.07) is 3.60. The first-order valence-corrected chi connectivity index (χ1v) is 11.0. The number of fused-ring (bicyclic) bond motifs is 2. The highest BCUT2D eigenvalue weighted by Crippen LogP contribution is 2.37. The second-order valence-electron chi connectivity index (χ2n) is 8.68. The Hall–Kier alpha value is -2.70. The monoisotopic (exact) mass is 410 g/mol. The van der Waals surface area contributed by atoms with E-state index in [9.17, 15) is 14.4 Å². The normalized spacial score (nSPS) is 26.2. The molecule has 4 atom stereocenters. The van der Waals surface area contributed by atoms with Gasteiger partial charge in [-0.1, -0.05) is 13.3 Å². The molecule has 0 aromatic carbocycles. The highest BCUT2D eigenvalue weighted by molar-refractivity contribution is 5.97. The summed E-state index contributed by atoms with van der Waals surface area (Å²) >= 11 is 0. The molecule has 0 spiro atoms. The molecule has 2 N–H and O–H groups in total. The summed E-state index contributed by atoms with van der Waals surface area (Å²) in [4.78, 5) is 42.5. The summed E-state index contributed by atoms with van der Waals surface area (Å²) in [5.74, 6) is 0.669. The SMILES string of the molecule is CCC1CC(=O)NC2CC(NC(=O)c3cn(CC)c4nc(C)ccc4c3=O)CCC12. The highest BCUT2D eigenvalue weighted by Gasteiger charge is 2.40. The smallest absolute Gasteiger partial charge is 0.256 e. The number of nitrogens with zero attached hydrogens (tertiary/aromatic N) is 2. The van der Waals surface area contributed by atoms with Gasteiger partial charge in [0.2, 0.25) is 11.3 Å². The Morgan fingerprint density at radius 1 is 1.27 bits per heavy atom. The second kappa shape index (κ2) is 8.20. The number of aryl methyl sites for hydroxylation is 2. The zero-order valence-electron chi connectivity index (χ0n) is 17.9. The Kier molecular flexibility index (Phi) is 5.62. The van der Waals surface area contributed by atoms with Gasteiger partial charge in [0.1, 0.15) is 11.2 Å². The van der Waals surface area contributed by atoms with Crippen LogP contribution in [0.2, 0.25) is 0 Å². The van der Waals surface area contributed by atoms with Crippen LogP contribution in [0.25, 0.3) is 11.0 Å². The Morgan fingerprint density at radius 3 is 2.80 bits per heavy atom. The lowest BCUT2D eigenvalue weighted by Gasteiger charge is -2.44. The van der Waals surface area contributed by atoms with Crippen molar-refractivity contribution in [3.05, 3.63) is 39.8 Å². The molecule has 1 saturated heterocycles. The predicted octanol–water partition coefficient (Wildman–Crippen LogP) is 2.54. The van der Waals surface area contributed by atoms with Crippen LogP contribution in [0.1, 0.15) is 62.0 Å². The number of nitrogens with one attached hydrogen (secondary N) is 2. The lowest BCUT2D eigenvalue weighted by Crippen LogP contribution is -2.55. The van der Waals surface area contributed by atoms with E-state index in [0.29, 0.717) is 35.8 Å². The van der Waals surface area contributed by atoms with E-state index in [-0.39, 0.29) is 34.9 Å². The Balaban J connectivity index is 1.55. The number of amides is 2. The van der Waals surface area contributed by atoms with Crippen LogP contribution in [0.5, 0.6) is 0 Å². The fourth-order valence-corrected chi connectivity index (χ4v) is 5.18. The number of aromatic nitrogens is 2. The van der Waals surface area contributed by atoms with Gasteiger partial charge in [-0.25, -0.2) is 4.98 Å². The molecule has 2 aromatic heterocycles. The number of carbonyl (C=O) groups is 2. The van der Waals surface area contributed by atoms with Gasteiger partial charge < -0.3 is 15.2 Å². The number of piperidine rings is 1. The minimum atomic E-state index is -0.345. The molecule has 4 unspecified atom stereocenters. The van der Waals surface area contributed by atoms with Crippen molar-refractivity contribution in [1.82, 2.24) is 20.2 Å². The summed E-state index contributed by atoms with van der Waals surface area (Å²) in [5, 5.41) is 6.64. The molecule has 0 bridgehead atoms. The maximum atomic E-state index is 13.0. The molecule has 1 aliphatic heterocycles. The Bertz CT molecular complexity index is 1040. The third-order valence-corrected chi connectivity index (χ3v) is 6.81. The molecule has 3 heterocycles. The van der Waals surface area contributed by atoms with E-state index in [0.717, 1.165) is 31.4 Å². The first kappa shape index (κ1) is 20.6. The maximum absolute atomic E-state index is 13.0. The number of pyridine rings is 2. The standard InChI is InChI=1S/C23H30N4O3/c1-4-14-10-20(28)26-19-11-15(7-9-16(14)19)25-23(30)18-12-27(5-2)22-17(21(18)29)8-6-13(3)24-22/h6,8,12,14-16,19H,4-5,7,9-11H2,1-3H3,(H,25,30)(H,26,28). The average molecular weight is 411 g/mol. The molecule has 1 saturated carbocycles. The number of hydrogen-bond donors (Lipinski definition) is 2. The zero-order chi connectivity index (χ0) is 21.4. The predicted molar refractivity (Wildman–Crippen MR) is 115 cm³/mol. The molecule has 2 aromatic rings. The molecule has 2 amide bonds. The van der Waals surface area contributed by atoms with Gasteiger partial charge in [0.25, 0.3) is 5.91 Å². The van der Waals surface area contributed by atoms with Crippen molar-refractivity contribution in [2.75, 3.05) is 0 Å². The summed E-state index contributed by atoms with van der Waals surface area (Å²) in [6.07, 6.45) is 5.80. The van der Waals surface area contributed by atoms with Crippen molar-refractivity contribution in [3.8, 4) is 0 Å². The van der Waals surface area contributed by atoms with E-state index in [1.165, 1.54) is 0 Å². The van der Waals surface area contributed by atoms with Gasteiger partial charge in [0, 0.05) is 36.9 Å². The first-order valence-electron chi connectivity index (χ1n) is 11.0. The van der Waals surface area contributed by atoms with Crippen LogP contribution >= 0.6 is 0 Å². The van der Waals surface area contributed by atoms with Crippen molar-refractivity contribution < 1.29 is 9.59 Å². The molecule has 7 nitrogen and oxygen atoms in total. The first-order chi connectivity index (χ1) is 14.4. The number of rotatable bonds is 4. The summed E-state index contributed by atoms with van der Waals surface area (Å²) < 4.78 is 1.85. The Morgan fingerprint density at radius 2 is 2.07 bits per heavy atom. The van der Waals surface area contributed by atoms with Gasteiger partial charge in [-0.15, -0.1) is 0 Å². The van der Waals surface area contributed by atoms with E-state index in [4.69, 9.17) is 0 Å². The molecule has 30 heavy (non-hydrogen) atoms. The lowest BCUT2D eigenvalue weighted by atomic mass is 9.70. The molecule has 7 heteroatoms. The molecular formula is C23H30N4O3. The number of carbonyl (C=O) groups excluding carboxylic acids is 2. The van der Waals surface area contributed by atoms with Crippen molar-refractivity contribution in [2.24, 2.45) is 11.8 Å². The van der Waals surface area contributed by atoms with E-state index in [1.54, 1.807) is 18.3 Å². The number of hydrogen-bond acceptors (Lipinski definition) is 4. The van der Waals surface area contributed by atoms with Crippen LogP contribution in [0, 0.1) is 18.8 Å². The van der Waals surface area contributed by atoms with Gasteiger partial charge in [-0.05, 0) is 57.1 Å². The molecule has 1 aliphatic carbocycles. The maximum Gasteiger partial charge on any atom is 0.256 e. The lowest BCUT2D eigenvalue weighted by molar-refractivity contribution is -0.127. The highest BCUT2D eigenvalue weighted by atomic mass is 16.2. The summed E-state index contributed by atoms with van der Waals surface area (Å²) in [5.41, 5.74) is 1.30. The third kappa shape index (κ3) is 3.73. The fraction of sp³-hybridized carbons (Fsp3) is 0.565. The van der Waals surface area contributed by atoms with E-state index >= 15 is 0 Å². The van der Waals surface area contributed by atoms with E-state index in [2.05, 4.69) is 22.5 Å². The third-order valence-electron chi connectivity index (χ3n) is 6.81. The van der Waals surface area contributed by atoms with Crippen LogP contribution in [0.15, 0.2) is 23.1 Å². The van der Waals surface area contributed by atoms with Crippen molar-refractivity contribution in [1.29, 1.82) is 0 Å². The minimum Gasteiger partial charge on any atom is -0.353 e. The average Bonchev–Trinajstić information content (AvgIpc) is 2.73. The van der Waals surface area contributed by atoms with E-state index < -0.39 is 0 Å². The van der Waals surface area contributed by atoms with Gasteiger partial charge in [-0.3, -0.25) is 14.4 Å². The molecular weight excluding hydrogens is 380 g/mol. The minimum absolute atomic E-state index is 0.0454. The second-order valence-corrected chi connectivity index (χ2v) is 8.68. The van der Waals surface area contributed by atoms with Gasteiger partial charge in [0.05, 0.1) is 5.39 Å². The van der Waals surface area contributed by atoms with Gasteiger partial charge >= 0.3 is 0 Å². The molecule has 2 fully saturated rings. The van der Waals surface area contributed by atoms with Gasteiger partial charge in [-0.2, -0.15) is 0 Å². The molecule has 0 radical (unpaired) electrons. The van der Waals surface area contributed by atoms with E-state index in [1.807, 2.05) is 18.4 Å². The van der Waals surface area contributed by atoms with Crippen molar-refractivity contribution in [3.63, 3.8) is 0 Å². The quantitative estimate of drug-likeness (QED) is 0.810. The Labute approximate surface area is 176 Å². The largest absolute Gasteiger partial charge is 0.353 e.